The average Bonchev–Trinajstić information content (AvgIpc) is 3.31. The minimum absolute atomic E-state index is 0.0375. The maximum Gasteiger partial charge on any atom is 0.329 e. The summed E-state index contributed by atoms with van der Waals surface area (Å²) in [6.45, 7) is 1.54. The van der Waals surface area contributed by atoms with Crippen molar-refractivity contribution in [2.75, 3.05) is 11.9 Å². The topological polar surface area (TPSA) is 91.7 Å². The van der Waals surface area contributed by atoms with Crippen LogP contribution >= 0.6 is 23.4 Å². The normalized spacial score (nSPS) is 14.7. The van der Waals surface area contributed by atoms with Crippen LogP contribution in [0.25, 0.3) is 6.08 Å². The van der Waals surface area contributed by atoms with Gasteiger partial charge in [0.2, 0.25) is 5.91 Å². The van der Waals surface area contributed by atoms with Gasteiger partial charge in [-0.25, -0.2) is 9.69 Å². The molecule has 1 aromatic heterocycles. The van der Waals surface area contributed by atoms with E-state index in [0.717, 1.165) is 15.4 Å². The maximum absolute atomic E-state index is 12.6. The van der Waals surface area contributed by atoms with E-state index in [1.807, 2.05) is 31.2 Å². The molecule has 0 bridgehead atoms. The molecule has 4 rings (SSSR count). The predicted molar refractivity (Wildman–Crippen MR) is 122 cm³/mol. The first-order valence-electron chi connectivity index (χ1n) is 9.62. The summed E-state index contributed by atoms with van der Waals surface area (Å²) in [5, 5.41) is 6.41. The molecule has 0 spiro atoms. The third-order valence-electron chi connectivity index (χ3n) is 4.52. The van der Waals surface area contributed by atoms with Gasteiger partial charge in [-0.2, -0.15) is 0 Å². The van der Waals surface area contributed by atoms with Gasteiger partial charge in [0, 0.05) is 21.7 Å². The van der Waals surface area contributed by atoms with Crippen molar-refractivity contribution in [3.63, 3.8) is 0 Å². The van der Waals surface area contributed by atoms with Crippen molar-refractivity contribution in [1.82, 2.24) is 10.2 Å². The van der Waals surface area contributed by atoms with E-state index in [0.29, 0.717) is 21.6 Å². The van der Waals surface area contributed by atoms with E-state index in [4.69, 9.17) is 16.0 Å². The van der Waals surface area contributed by atoms with Gasteiger partial charge in [-0.1, -0.05) is 41.1 Å². The molecule has 0 atom stereocenters. The van der Waals surface area contributed by atoms with Crippen LogP contribution in [0.1, 0.15) is 11.3 Å². The summed E-state index contributed by atoms with van der Waals surface area (Å²) >= 11 is 7.29. The lowest BCUT2D eigenvalue weighted by Crippen LogP contribution is -2.38. The van der Waals surface area contributed by atoms with Crippen LogP contribution in [-0.4, -0.2) is 29.3 Å². The van der Waals surface area contributed by atoms with Crippen molar-refractivity contribution in [2.45, 2.75) is 16.9 Å². The number of nitrogens with one attached hydrogen (secondary N) is 2. The molecule has 0 saturated carbocycles. The van der Waals surface area contributed by atoms with Gasteiger partial charge in [0.05, 0.1) is 0 Å². The van der Waals surface area contributed by atoms with E-state index in [9.17, 15) is 14.4 Å². The number of hydrogen-bond acceptors (Lipinski definition) is 5. The van der Waals surface area contributed by atoms with Gasteiger partial charge in [0.1, 0.15) is 18.0 Å². The van der Waals surface area contributed by atoms with E-state index in [-0.39, 0.29) is 5.70 Å². The minimum Gasteiger partial charge on any atom is -0.450 e. The van der Waals surface area contributed by atoms with Gasteiger partial charge in [-0.15, -0.1) is 0 Å². The number of carbonyl (C=O) groups excluding carboxylic acids is 3. The van der Waals surface area contributed by atoms with Crippen molar-refractivity contribution in [3.8, 4) is 0 Å². The van der Waals surface area contributed by atoms with Gasteiger partial charge in [0.25, 0.3) is 5.91 Å². The smallest absolute Gasteiger partial charge is 0.329 e. The van der Waals surface area contributed by atoms with Crippen LogP contribution in [0, 0.1) is 6.92 Å². The van der Waals surface area contributed by atoms with Gasteiger partial charge in [-0.3, -0.25) is 9.59 Å². The number of urea groups is 1. The third-order valence-corrected chi connectivity index (χ3v) is 5.70. The standard InChI is InChI=1S/C23H18ClN3O4S/c1-14-2-6-16(7-3-14)25-20(28)13-27-22(29)19(26-23(27)30)12-17-8-11-21(31-17)32-18-9-4-15(24)5-10-18/h2-12H,13H2,1H3,(H,25,28)(H,26,30)/b19-12+. The van der Waals surface area contributed by atoms with Crippen LogP contribution < -0.4 is 10.6 Å². The van der Waals surface area contributed by atoms with Crippen LogP contribution in [0.2, 0.25) is 5.02 Å². The number of amides is 4. The molecule has 162 valence electrons. The Morgan fingerprint density at radius 1 is 1.09 bits per heavy atom. The lowest BCUT2D eigenvalue weighted by atomic mass is 10.2. The summed E-state index contributed by atoms with van der Waals surface area (Å²) in [5.74, 6) is -0.674. The van der Waals surface area contributed by atoms with Crippen LogP contribution in [-0.2, 0) is 9.59 Å². The zero-order valence-electron chi connectivity index (χ0n) is 16.9. The molecule has 9 heteroatoms. The van der Waals surface area contributed by atoms with E-state index in [2.05, 4.69) is 10.6 Å². The van der Waals surface area contributed by atoms with Gasteiger partial charge >= 0.3 is 6.03 Å². The van der Waals surface area contributed by atoms with Crippen LogP contribution in [0.4, 0.5) is 10.5 Å². The van der Waals surface area contributed by atoms with Crippen LogP contribution in [0.5, 0.6) is 0 Å². The fourth-order valence-corrected chi connectivity index (χ4v) is 3.83. The number of carbonyl (C=O) groups is 3. The fourth-order valence-electron chi connectivity index (χ4n) is 2.92. The summed E-state index contributed by atoms with van der Waals surface area (Å²) in [5.41, 5.74) is 1.68. The first-order chi connectivity index (χ1) is 15.4. The Morgan fingerprint density at radius 2 is 1.81 bits per heavy atom. The molecule has 7 nitrogen and oxygen atoms in total. The number of aryl methyl sites for hydroxylation is 1. The van der Waals surface area contributed by atoms with Crippen molar-refractivity contribution in [2.24, 2.45) is 0 Å². The molecule has 1 saturated heterocycles. The number of anilines is 1. The Hall–Kier alpha value is -3.49. The summed E-state index contributed by atoms with van der Waals surface area (Å²) in [7, 11) is 0. The number of furan rings is 1. The molecule has 32 heavy (non-hydrogen) atoms. The predicted octanol–water partition coefficient (Wildman–Crippen LogP) is 4.92. The quantitative estimate of drug-likeness (QED) is 0.396. The molecule has 1 aliphatic heterocycles. The monoisotopic (exact) mass is 467 g/mol. The van der Waals surface area contributed by atoms with E-state index < -0.39 is 24.4 Å². The van der Waals surface area contributed by atoms with Crippen LogP contribution in [0.15, 0.2) is 80.8 Å². The molecule has 3 aromatic rings. The molecule has 2 heterocycles. The molecular formula is C23H18ClN3O4S. The Balaban J connectivity index is 1.39. The lowest BCUT2D eigenvalue weighted by molar-refractivity contribution is -0.127. The maximum atomic E-state index is 12.6. The molecule has 2 aromatic carbocycles. The summed E-state index contributed by atoms with van der Waals surface area (Å²) < 4.78 is 5.72. The van der Waals surface area contributed by atoms with Gasteiger partial charge < -0.3 is 15.1 Å². The van der Waals surface area contributed by atoms with E-state index in [1.165, 1.54) is 17.8 Å². The Bertz CT molecular complexity index is 1200. The largest absolute Gasteiger partial charge is 0.450 e. The molecule has 4 amide bonds. The molecule has 0 unspecified atom stereocenters. The van der Waals surface area contributed by atoms with Crippen molar-refractivity contribution < 1.29 is 18.8 Å². The number of rotatable bonds is 6. The average molecular weight is 468 g/mol. The second-order valence-corrected chi connectivity index (χ2v) is 8.52. The SMILES string of the molecule is Cc1ccc(NC(=O)CN2C(=O)N/C(=C/c3ccc(Sc4ccc(Cl)cc4)o3)C2=O)cc1. The number of nitrogens with zero attached hydrogens (tertiary/aromatic N) is 1. The fraction of sp³-hybridized carbons (Fsp3) is 0.0870. The van der Waals surface area contributed by atoms with Gasteiger partial charge in [-0.05, 0) is 55.5 Å². The van der Waals surface area contributed by atoms with Crippen molar-refractivity contribution >= 4 is 53.0 Å². The summed E-state index contributed by atoms with van der Waals surface area (Å²) in [4.78, 5) is 38.9. The lowest BCUT2D eigenvalue weighted by Gasteiger charge is -2.12. The highest BCUT2D eigenvalue weighted by Gasteiger charge is 2.35. The highest BCUT2D eigenvalue weighted by atomic mass is 35.5. The highest BCUT2D eigenvalue weighted by molar-refractivity contribution is 7.99. The molecule has 1 aliphatic rings. The zero-order valence-corrected chi connectivity index (χ0v) is 18.5. The number of hydrogen-bond donors (Lipinski definition) is 2. The number of halogens is 1. The Kier molecular flexibility index (Phi) is 6.34. The summed E-state index contributed by atoms with van der Waals surface area (Å²) in [6.07, 6.45) is 1.43. The molecular weight excluding hydrogens is 450 g/mol. The Labute approximate surface area is 193 Å². The zero-order chi connectivity index (χ0) is 22.7. The number of benzene rings is 2. The minimum atomic E-state index is -0.664. The molecule has 0 radical (unpaired) electrons. The molecule has 1 fully saturated rings. The summed E-state index contributed by atoms with van der Waals surface area (Å²) in [6, 6.07) is 17.3. The van der Waals surface area contributed by atoms with Crippen molar-refractivity contribution in [1.29, 1.82) is 0 Å². The third kappa shape index (κ3) is 5.22. The Morgan fingerprint density at radius 3 is 2.53 bits per heavy atom. The van der Waals surface area contributed by atoms with Gasteiger partial charge in [0.15, 0.2) is 5.09 Å². The number of imide groups is 1. The van der Waals surface area contributed by atoms with Crippen LogP contribution in [0.3, 0.4) is 0 Å². The molecule has 0 aliphatic carbocycles. The first kappa shape index (κ1) is 21.7. The highest BCUT2D eigenvalue weighted by Crippen LogP contribution is 2.30. The molecule has 2 N–H and O–H groups in total. The first-order valence-corrected chi connectivity index (χ1v) is 10.8. The van der Waals surface area contributed by atoms with E-state index >= 15 is 0 Å². The van der Waals surface area contributed by atoms with E-state index in [1.54, 1.807) is 36.4 Å². The van der Waals surface area contributed by atoms with Crippen molar-refractivity contribution in [3.05, 3.63) is 82.7 Å². The second kappa shape index (κ2) is 9.33. The second-order valence-electron chi connectivity index (χ2n) is 7.01.